The van der Waals surface area contributed by atoms with Crippen LogP contribution in [0.4, 0.5) is 18.9 Å². The van der Waals surface area contributed by atoms with Crippen LogP contribution < -0.4 is 31.9 Å². The second-order valence-electron chi connectivity index (χ2n) is 11.2. The summed E-state index contributed by atoms with van der Waals surface area (Å²) in [7, 11) is 0. The van der Waals surface area contributed by atoms with Crippen molar-refractivity contribution in [2.24, 2.45) is 5.73 Å². The molecule has 0 radical (unpaired) electrons. The normalized spacial score (nSPS) is 14.6. The fourth-order valence-corrected chi connectivity index (χ4v) is 4.60. The van der Waals surface area contributed by atoms with Crippen molar-refractivity contribution < 1.29 is 47.0 Å². The number of aliphatic hydroxyl groups excluding tert-OH is 1. The predicted octanol–water partition coefficient (Wildman–Crippen LogP) is 1.19. The van der Waals surface area contributed by atoms with Gasteiger partial charge in [0.15, 0.2) is 6.10 Å². The first-order chi connectivity index (χ1) is 23.2. The van der Waals surface area contributed by atoms with Gasteiger partial charge >= 0.3 is 6.18 Å². The molecule has 0 aromatic heterocycles. The lowest BCUT2D eigenvalue weighted by atomic mass is 10.0. The van der Waals surface area contributed by atoms with E-state index in [9.17, 15) is 42.3 Å². The molecule has 0 bridgehead atoms. The maximum absolute atomic E-state index is 13.1. The van der Waals surface area contributed by atoms with Crippen LogP contribution in [-0.2, 0) is 30.3 Å². The lowest BCUT2D eigenvalue weighted by Crippen LogP contribution is -2.54. The van der Waals surface area contributed by atoms with Gasteiger partial charge in [-0.05, 0) is 36.2 Å². The maximum atomic E-state index is 13.1. The van der Waals surface area contributed by atoms with Crippen LogP contribution in [0, 0.1) is 0 Å². The Morgan fingerprint density at radius 3 is 2.04 bits per heavy atom. The molecule has 2 aromatic carbocycles. The van der Waals surface area contributed by atoms with Crippen LogP contribution in [0.25, 0.3) is 0 Å². The highest BCUT2D eigenvalue weighted by Gasteiger charge is 2.44. The Kier molecular flexibility index (Phi) is 17.0. The molecule has 2 unspecified atom stereocenters. The van der Waals surface area contributed by atoms with Crippen LogP contribution in [0.2, 0.25) is 0 Å². The second-order valence-corrected chi connectivity index (χ2v) is 11.2. The molecule has 0 saturated carbocycles. The minimum absolute atomic E-state index is 0.00892. The Bertz CT molecular complexity index is 1360. The minimum Gasteiger partial charge on any atom is -0.382 e. The van der Waals surface area contributed by atoms with Crippen LogP contribution in [0.5, 0.6) is 0 Å². The molecule has 1 fully saturated rings. The molecule has 3 atom stereocenters. The average Bonchev–Trinajstić information content (AvgIpc) is 3.08. The zero-order valence-electron chi connectivity index (χ0n) is 27.6. The van der Waals surface area contributed by atoms with Gasteiger partial charge < -0.3 is 41.7 Å². The highest BCUT2D eigenvalue weighted by molar-refractivity contribution is 5.97. The number of morpholine rings is 1. The average molecular weight is 695 g/mol. The summed E-state index contributed by atoms with van der Waals surface area (Å²) in [5.41, 5.74) is 6.88. The lowest BCUT2D eigenvalue weighted by Gasteiger charge is -2.28. The van der Waals surface area contributed by atoms with Crippen molar-refractivity contribution in [1.82, 2.24) is 21.3 Å². The third-order valence-corrected chi connectivity index (χ3v) is 7.04. The van der Waals surface area contributed by atoms with E-state index in [1.54, 1.807) is 54.6 Å². The van der Waals surface area contributed by atoms with Crippen LogP contribution in [0.3, 0.4) is 0 Å². The molecule has 49 heavy (non-hydrogen) atoms. The molecule has 1 heterocycles. The van der Waals surface area contributed by atoms with Gasteiger partial charge in [-0.2, -0.15) is 13.2 Å². The van der Waals surface area contributed by atoms with E-state index < -0.39 is 79.8 Å². The van der Waals surface area contributed by atoms with Crippen LogP contribution in [0.15, 0.2) is 54.6 Å². The second kappa shape index (κ2) is 20.6. The van der Waals surface area contributed by atoms with Crippen molar-refractivity contribution in [1.29, 1.82) is 0 Å². The van der Waals surface area contributed by atoms with E-state index >= 15 is 0 Å². The number of carbonyl (C=O) groups excluding carboxylic acids is 5. The largest absolute Gasteiger partial charge is 0.416 e. The SMILES string of the molecule is CCC.NC(=O)CCC(NC(=O)CNC(=O)[C@H](Cc1ccccc1)NC(=O)CNC(=O)c1ccc(N2CCOCC2)cc1)C(O)C(F)(F)F. The molecule has 1 saturated heterocycles. The number of nitrogens with two attached hydrogens (primary N) is 1. The van der Waals surface area contributed by atoms with Gasteiger partial charge in [0.2, 0.25) is 23.6 Å². The summed E-state index contributed by atoms with van der Waals surface area (Å²) in [6.07, 6.45) is -7.95. The zero-order chi connectivity index (χ0) is 36.4. The van der Waals surface area contributed by atoms with E-state index in [1.807, 2.05) is 5.32 Å². The van der Waals surface area contributed by atoms with Gasteiger partial charge in [0.25, 0.3) is 5.91 Å². The van der Waals surface area contributed by atoms with E-state index in [0.29, 0.717) is 24.3 Å². The first-order valence-corrected chi connectivity index (χ1v) is 15.9. The molecule has 0 spiro atoms. The summed E-state index contributed by atoms with van der Waals surface area (Å²) >= 11 is 0. The van der Waals surface area contributed by atoms with Crippen molar-refractivity contribution in [3.8, 4) is 0 Å². The Morgan fingerprint density at radius 2 is 1.47 bits per heavy atom. The standard InChI is InChI=1S/C30H37F3N6O7.C3H8/c31-30(32,33)27(43)22(10-11-24(34)40)37-25(41)18-36-29(45)23(16-19-4-2-1-3-5-19)38-26(42)17-35-28(44)20-6-8-21(9-7-20)39-12-14-46-15-13-39;1-3-2/h1-9,22-23,27,43H,10-18H2,(H2,34,40)(H,35,44)(H,36,45)(H,37,41)(H,38,42);3H2,1-2H3/t22?,23-,27?;/m0./s1. The molecule has 270 valence electrons. The number of hydrogen-bond acceptors (Lipinski definition) is 8. The van der Waals surface area contributed by atoms with Gasteiger partial charge in [-0.1, -0.05) is 50.6 Å². The van der Waals surface area contributed by atoms with Crippen molar-refractivity contribution >= 4 is 35.2 Å². The van der Waals surface area contributed by atoms with Crippen LogP contribution in [-0.4, -0.2) is 98.4 Å². The number of anilines is 1. The number of amides is 5. The van der Waals surface area contributed by atoms with E-state index in [2.05, 4.69) is 34.7 Å². The highest BCUT2D eigenvalue weighted by Crippen LogP contribution is 2.24. The number of primary amides is 1. The Hall–Kier alpha value is -4.70. The van der Waals surface area contributed by atoms with Gasteiger partial charge in [0, 0.05) is 37.2 Å². The molecule has 3 rings (SSSR count). The number of halogens is 3. The molecule has 13 nitrogen and oxygen atoms in total. The topological polar surface area (TPSA) is 192 Å². The molecule has 7 N–H and O–H groups in total. The summed E-state index contributed by atoms with van der Waals surface area (Å²) in [6.45, 7) is 5.66. The summed E-state index contributed by atoms with van der Waals surface area (Å²) in [5, 5.41) is 18.8. The first-order valence-electron chi connectivity index (χ1n) is 15.9. The maximum Gasteiger partial charge on any atom is 0.416 e. The van der Waals surface area contributed by atoms with E-state index in [4.69, 9.17) is 10.5 Å². The molecule has 5 amide bonds. The van der Waals surface area contributed by atoms with Gasteiger partial charge in [-0.25, -0.2) is 0 Å². The van der Waals surface area contributed by atoms with E-state index in [-0.39, 0.29) is 6.42 Å². The van der Waals surface area contributed by atoms with Crippen molar-refractivity contribution in [2.45, 2.75) is 63.9 Å². The number of alkyl halides is 3. The fraction of sp³-hybridized carbons (Fsp3) is 0.485. The third kappa shape index (κ3) is 14.9. The molecule has 2 aromatic rings. The Labute approximate surface area is 283 Å². The zero-order valence-corrected chi connectivity index (χ0v) is 27.6. The van der Waals surface area contributed by atoms with Gasteiger partial charge in [0.1, 0.15) is 6.04 Å². The molecular formula is C33H45F3N6O7. The van der Waals surface area contributed by atoms with Crippen molar-refractivity contribution in [2.75, 3.05) is 44.3 Å². The molecule has 1 aliphatic rings. The Morgan fingerprint density at radius 1 is 0.898 bits per heavy atom. The Balaban J connectivity index is 0.00000267. The third-order valence-electron chi connectivity index (χ3n) is 7.04. The van der Waals surface area contributed by atoms with Gasteiger partial charge in [0.05, 0.1) is 32.3 Å². The molecular weight excluding hydrogens is 649 g/mol. The summed E-state index contributed by atoms with van der Waals surface area (Å²) in [4.78, 5) is 64.0. The highest BCUT2D eigenvalue weighted by atomic mass is 19.4. The minimum atomic E-state index is -5.09. The van der Waals surface area contributed by atoms with Gasteiger partial charge in [-0.15, -0.1) is 0 Å². The quantitative estimate of drug-likeness (QED) is 0.160. The van der Waals surface area contributed by atoms with Crippen molar-refractivity contribution in [3.05, 3.63) is 65.7 Å². The first kappa shape index (κ1) is 40.5. The summed E-state index contributed by atoms with van der Waals surface area (Å²) < 4.78 is 44.5. The van der Waals surface area contributed by atoms with E-state index in [1.165, 1.54) is 6.42 Å². The van der Waals surface area contributed by atoms with E-state index in [0.717, 1.165) is 18.8 Å². The number of aliphatic hydroxyl groups is 1. The monoisotopic (exact) mass is 694 g/mol. The summed E-state index contributed by atoms with van der Waals surface area (Å²) in [6, 6.07) is 12.3. The molecule has 0 aliphatic carbocycles. The number of rotatable bonds is 15. The van der Waals surface area contributed by atoms with Crippen LogP contribution in [0.1, 0.15) is 49.0 Å². The molecule has 1 aliphatic heterocycles. The predicted molar refractivity (Wildman–Crippen MR) is 175 cm³/mol. The smallest absolute Gasteiger partial charge is 0.382 e. The van der Waals surface area contributed by atoms with Crippen LogP contribution >= 0.6 is 0 Å². The number of hydrogen-bond donors (Lipinski definition) is 6. The number of carbonyl (C=O) groups is 5. The number of ether oxygens (including phenoxy) is 1. The fourth-order valence-electron chi connectivity index (χ4n) is 4.60. The lowest BCUT2D eigenvalue weighted by molar-refractivity contribution is -0.212. The summed E-state index contributed by atoms with van der Waals surface area (Å²) in [5.74, 6) is -4.07. The van der Waals surface area contributed by atoms with Crippen molar-refractivity contribution in [3.63, 3.8) is 0 Å². The number of nitrogens with one attached hydrogen (secondary N) is 4. The molecule has 16 heteroatoms. The number of benzene rings is 2. The number of nitrogens with zero attached hydrogens (tertiary/aromatic N) is 1. The van der Waals surface area contributed by atoms with Gasteiger partial charge in [-0.3, -0.25) is 24.0 Å².